The van der Waals surface area contributed by atoms with Crippen molar-refractivity contribution in [2.75, 3.05) is 0 Å². The molecule has 0 saturated carbocycles. The molecule has 0 atom stereocenters. The van der Waals surface area contributed by atoms with Crippen molar-refractivity contribution in [3.63, 3.8) is 0 Å². The van der Waals surface area contributed by atoms with E-state index in [4.69, 9.17) is 4.89 Å². The SMILES string of the molecule is OOc1cc2c3c(cccc3c1-c1c3ccccc3c3c4c([OH2+])cc5c6c(ccc(c7cccc1c73)c64)-c1c(-c3ccccc3)ccc(-c3ccccc3)c1-5)-c1c(-c3ccccc3)ccc(-c3ccccc3)c1-2. The Morgan fingerprint density at radius 1 is 0.247 bits per heavy atom. The van der Waals surface area contributed by atoms with Gasteiger partial charge < -0.3 is 9.99 Å². The van der Waals surface area contributed by atoms with Crippen LogP contribution in [0.2, 0.25) is 0 Å². The lowest BCUT2D eigenvalue weighted by molar-refractivity contribution is -0.136. The lowest BCUT2D eigenvalue weighted by Crippen LogP contribution is -1.96. The average Bonchev–Trinajstić information content (AvgIpc) is 4.03. The summed E-state index contributed by atoms with van der Waals surface area (Å²) in [5.74, 6) is 0.890. The van der Waals surface area contributed by atoms with Gasteiger partial charge in [0.25, 0.3) is 5.75 Å². The maximum absolute atomic E-state index is 11.3. The number of benzene rings is 14. The van der Waals surface area contributed by atoms with Crippen LogP contribution in [-0.2, 0) is 0 Å². The van der Waals surface area contributed by atoms with Gasteiger partial charge in [-0.05, 0) is 138 Å². The highest BCUT2D eigenvalue weighted by molar-refractivity contribution is 6.45. The van der Waals surface area contributed by atoms with E-state index in [0.29, 0.717) is 11.5 Å². The molecule has 0 fully saturated rings. The summed E-state index contributed by atoms with van der Waals surface area (Å²) in [5, 5.41) is 34.5. The Balaban J connectivity index is 1.02. The Hall–Kier alpha value is -9.54. The summed E-state index contributed by atoms with van der Waals surface area (Å²) in [5.41, 5.74) is 20.2. The average molecular weight is 930 g/mol. The third-order valence-corrected chi connectivity index (χ3v) is 16.2. The third kappa shape index (κ3) is 5.36. The van der Waals surface area contributed by atoms with Gasteiger partial charge in [0.2, 0.25) is 0 Å². The van der Waals surface area contributed by atoms with Gasteiger partial charge in [-0.2, -0.15) is 0 Å². The first-order valence-corrected chi connectivity index (χ1v) is 25.0. The van der Waals surface area contributed by atoms with Crippen LogP contribution in [0, 0.1) is 0 Å². The van der Waals surface area contributed by atoms with E-state index < -0.39 is 0 Å². The van der Waals surface area contributed by atoms with Crippen LogP contribution >= 0.6 is 0 Å². The largest absolute Gasteiger partial charge is 0.593 e. The van der Waals surface area contributed by atoms with Gasteiger partial charge in [0.05, 0.1) is 5.39 Å². The van der Waals surface area contributed by atoms with E-state index >= 15 is 0 Å². The van der Waals surface area contributed by atoms with Gasteiger partial charge in [-0.1, -0.05) is 218 Å². The molecular weight excluding hydrogens is 889 g/mol. The molecule has 14 aromatic carbocycles. The molecule has 0 radical (unpaired) electrons. The van der Waals surface area contributed by atoms with Crippen LogP contribution in [0.1, 0.15) is 0 Å². The van der Waals surface area contributed by atoms with Gasteiger partial charge >= 0.3 is 0 Å². The van der Waals surface area contributed by atoms with Crippen LogP contribution in [0.25, 0.3) is 165 Å². The first-order chi connectivity index (χ1) is 36.2. The highest BCUT2D eigenvalue weighted by Gasteiger charge is 2.35. The molecule has 0 aromatic heterocycles. The second kappa shape index (κ2) is 15.0. The topological polar surface area (TPSA) is 52.4 Å². The molecule has 0 bridgehead atoms. The summed E-state index contributed by atoms with van der Waals surface area (Å²) in [4.78, 5) is 5.69. The standard InChI is InChI=1S/C70H40O3/c71-57-37-55-62-45(41-21-9-3-10-22-41)33-32-44(40-19-7-2-8-20-40)61(62)54-36-35-50-48-27-15-30-53-64(47-25-13-14-26-49(47)68(65(48)53)70(57)69(50)66(54)55)67-52-29-16-28-51-59(52)56(38-58(67)73-72)63-46(42-23-11-4-12-24-42)34-31-43(60(51)63)39-17-5-1-6-18-39/h1-38,71-72H/p+1. The molecule has 338 valence electrons. The summed E-state index contributed by atoms with van der Waals surface area (Å²) in [6.45, 7) is 0. The van der Waals surface area contributed by atoms with Gasteiger partial charge in [0.1, 0.15) is 0 Å². The predicted molar refractivity (Wildman–Crippen MR) is 305 cm³/mol. The second-order valence-electron chi connectivity index (χ2n) is 19.7. The molecule has 2 aliphatic rings. The van der Waals surface area contributed by atoms with Gasteiger partial charge in [0.15, 0.2) is 5.75 Å². The minimum absolute atomic E-state index is 0.392. The fourth-order valence-corrected chi connectivity index (χ4v) is 13.4. The van der Waals surface area contributed by atoms with E-state index in [-0.39, 0.29) is 0 Å². The van der Waals surface area contributed by atoms with Crippen molar-refractivity contribution in [2.45, 2.75) is 0 Å². The summed E-state index contributed by atoms with van der Waals surface area (Å²) >= 11 is 0. The molecule has 73 heavy (non-hydrogen) atoms. The van der Waals surface area contributed by atoms with Gasteiger partial charge in [-0.25, -0.2) is 5.26 Å². The molecule has 2 aliphatic carbocycles. The zero-order valence-electron chi connectivity index (χ0n) is 39.3. The predicted octanol–water partition coefficient (Wildman–Crippen LogP) is 19.0. The van der Waals surface area contributed by atoms with E-state index in [9.17, 15) is 10.4 Å². The van der Waals surface area contributed by atoms with Crippen molar-refractivity contribution in [3.05, 3.63) is 231 Å². The fraction of sp³-hybridized carbons (Fsp3) is 0. The molecule has 0 aliphatic heterocycles. The molecule has 0 saturated heterocycles. The minimum Gasteiger partial charge on any atom is -0.593 e. The second-order valence-corrected chi connectivity index (χ2v) is 19.7. The summed E-state index contributed by atoms with van der Waals surface area (Å²) in [6.07, 6.45) is 0. The molecule has 3 heteroatoms. The Morgan fingerprint density at radius 3 is 1.18 bits per heavy atom. The Kier molecular flexibility index (Phi) is 8.26. The molecule has 3 nitrogen and oxygen atoms in total. The molecule has 16 rings (SSSR count). The van der Waals surface area contributed by atoms with E-state index in [2.05, 4.69) is 231 Å². The van der Waals surface area contributed by atoms with Crippen molar-refractivity contribution in [1.29, 1.82) is 0 Å². The Bertz CT molecular complexity index is 4680. The normalized spacial score (nSPS) is 12.2. The van der Waals surface area contributed by atoms with Crippen LogP contribution in [0.15, 0.2) is 231 Å². The van der Waals surface area contributed by atoms with Crippen molar-refractivity contribution in [2.24, 2.45) is 0 Å². The number of hydrogen-bond acceptors (Lipinski definition) is 2. The minimum atomic E-state index is 0.392. The maximum Gasteiger partial charge on any atom is 0.263 e. The van der Waals surface area contributed by atoms with Crippen LogP contribution in [-0.4, -0.2) is 10.4 Å². The number of rotatable bonds is 6. The molecule has 14 aromatic rings. The van der Waals surface area contributed by atoms with Crippen molar-refractivity contribution in [3.8, 4) is 112 Å². The van der Waals surface area contributed by atoms with Crippen molar-refractivity contribution < 1.29 is 15.3 Å². The lowest BCUT2D eigenvalue weighted by atomic mass is 9.81. The third-order valence-electron chi connectivity index (χ3n) is 16.2. The first-order valence-electron chi connectivity index (χ1n) is 25.0. The molecular formula is C70H41O3+. The van der Waals surface area contributed by atoms with E-state index in [1.165, 1.54) is 44.3 Å². The quantitative estimate of drug-likeness (QED) is 0.0594. The lowest BCUT2D eigenvalue weighted by Gasteiger charge is -2.22. The summed E-state index contributed by atoms with van der Waals surface area (Å²) < 4.78 is 0. The molecule has 0 heterocycles. The zero-order chi connectivity index (χ0) is 48.1. The summed E-state index contributed by atoms with van der Waals surface area (Å²) in [6, 6.07) is 82.5. The fourth-order valence-electron chi connectivity index (χ4n) is 13.4. The van der Waals surface area contributed by atoms with Crippen LogP contribution in [0.5, 0.6) is 11.5 Å². The number of hydrogen-bond donors (Lipinski definition) is 1. The smallest absolute Gasteiger partial charge is 0.263 e. The highest BCUT2D eigenvalue weighted by Crippen LogP contribution is 2.62. The zero-order valence-corrected chi connectivity index (χ0v) is 39.3. The van der Waals surface area contributed by atoms with Crippen LogP contribution < -0.4 is 4.89 Å². The molecule has 0 amide bonds. The Morgan fingerprint density at radius 2 is 0.630 bits per heavy atom. The van der Waals surface area contributed by atoms with E-state index in [0.717, 1.165) is 120 Å². The molecule has 3 N–H and O–H groups in total. The van der Waals surface area contributed by atoms with E-state index in [1.807, 2.05) is 0 Å². The Labute approximate surface area is 420 Å². The van der Waals surface area contributed by atoms with Crippen molar-refractivity contribution >= 4 is 64.6 Å². The van der Waals surface area contributed by atoms with Gasteiger partial charge in [-0.15, -0.1) is 0 Å². The number of fused-ring (bicyclic) bond motifs is 10. The van der Waals surface area contributed by atoms with Gasteiger partial charge in [0, 0.05) is 33.5 Å². The van der Waals surface area contributed by atoms with Gasteiger partial charge in [-0.3, -0.25) is 0 Å². The molecule has 0 unspecified atom stereocenters. The van der Waals surface area contributed by atoms with E-state index in [1.54, 1.807) is 0 Å². The van der Waals surface area contributed by atoms with Crippen LogP contribution in [0.4, 0.5) is 0 Å². The first kappa shape index (κ1) is 40.2. The van der Waals surface area contributed by atoms with Crippen LogP contribution in [0.3, 0.4) is 0 Å². The molecule has 0 spiro atoms. The van der Waals surface area contributed by atoms with Crippen molar-refractivity contribution in [1.82, 2.24) is 0 Å². The monoisotopic (exact) mass is 929 g/mol. The highest BCUT2D eigenvalue weighted by atomic mass is 17.1. The maximum atomic E-state index is 11.3. The summed E-state index contributed by atoms with van der Waals surface area (Å²) in [7, 11) is 0.